The number of aryl methyl sites for hydroxylation is 1. The van der Waals surface area contributed by atoms with Crippen LogP contribution in [0.4, 0.5) is 0 Å². The lowest BCUT2D eigenvalue weighted by Crippen LogP contribution is -2.45. The van der Waals surface area contributed by atoms with Gasteiger partial charge in [0.1, 0.15) is 12.0 Å². The van der Waals surface area contributed by atoms with Crippen LogP contribution in [0, 0.1) is 5.92 Å². The third-order valence-electron chi connectivity index (χ3n) is 8.29. The molecule has 2 aliphatic rings. The van der Waals surface area contributed by atoms with Gasteiger partial charge in [0.05, 0.1) is 53.0 Å². The standard InChI is InChI=1S/C31H46N4O5/c1-5-6-15-33(16-7-8-17-35(2,3)4)29(36)22-34-21-25(23-9-11-27-24(20-23)13-18-39-27)30(31(37)38)26(34)10-12-28-32-14-19-40-28/h9,11,14,19-20,25-26,30H,5-8,10,12-13,15-18,21-22H2,1-4H3/p+1. The first-order valence-electron chi connectivity index (χ1n) is 14.9. The van der Waals surface area contributed by atoms with Crippen molar-refractivity contribution in [1.82, 2.24) is 14.8 Å². The van der Waals surface area contributed by atoms with Crippen molar-refractivity contribution in [2.45, 2.75) is 63.8 Å². The van der Waals surface area contributed by atoms with Crippen LogP contribution in [0.5, 0.6) is 5.75 Å². The van der Waals surface area contributed by atoms with Crippen molar-refractivity contribution in [3.05, 3.63) is 47.7 Å². The van der Waals surface area contributed by atoms with Crippen molar-refractivity contribution in [3.63, 3.8) is 0 Å². The van der Waals surface area contributed by atoms with Gasteiger partial charge in [-0.15, -0.1) is 0 Å². The fourth-order valence-corrected chi connectivity index (χ4v) is 6.15. The number of ether oxygens (including phenoxy) is 1. The minimum atomic E-state index is -0.822. The average Bonchev–Trinajstić information content (AvgIpc) is 3.66. The highest BCUT2D eigenvalue weighted by Gasteiger charge is 2.47. The molecule has 1 saturated heterocycles. The summed E-state index contributed by atoms with van der Waals surface area (Å²) in [6.45, 7) is 6.11. The molecule has 0 saturated carbocycles. The summed E-state index contributed by atoms with van der Waals surface area (Å²) >= 11 is 0. The van der Waals surface area contributed by atoms with Crippen molar-refractivity contribution in [3.8, 4) is 5.75 Å². The van der Waals surface area contributed by atoms with E-state index in [9.17, 15) is 14.7 Å². The van der Waals surface area contributed by atoms with Gasteiger partial charge in [0.25, 0.3) is 0 Å². The molecular formula is C31H47N4O5+. The Hall–Kier alpha value is -2.91. The molecule has 1 aromatic carbocycles. The lowest BCUT2D eigenvalue weighted by Gasteiger charge is -2.30. The van der Waals surface area contributed by atoms with E-state index in [2.05, 4.69) is 44.0 Å². The van der Waals surface area contributed by atoms with E-state index in [0.29, 0.717) is 31.9 Å². The molecule has 3 unspecified atom stereocenters. The Morgan fingerprint density at radius 3 is 2.67 bits per heavy atom. The molecule has 1 fully saturated rings. The van der Waals surface area contributed by atoms with E-state index in [4.69, 9.17) is 9.15 Å². The SMILES string of the molecule is CCCCN(CCCC[N+](C)(C)C)C(=O)CN1CC(c2ccc3c(c2)CCO3)C(C(=O)O)C1CCc1ncco1. The largest absolute Gasteiger partial charge is 0.493 e. The highest BCUT2D eigenvalue weighted by molar-refractivity contribution is 5.79. The van der Waals surface area contributed by atoms with Crippen LogP contribution in [0.1, 0.15) is 62.0 Å². The molecule has 1 N–H and O–H groups in total. The Morgan fingerprint density at radius 1 is 1.18 bits per heavy atom. The number of carboxylic acids is 1. The number of oxazole rings is 1. The second-order valence-electron chi connectivity index (χ2n) is 12.4. The van der Waals surface area contributed by atoms with Gasteiger partial charge in [-0.05, 0) is 42.9 Å². The fraction of sp³-hybridized carbons (Fsp3) is 0.645. The van der Waals surface area contributed by atoms with Gasteiger partial charge in [-0.2, -0.15) is 0 Å². The highest BCUT2D eigenvalue weighted by atomic mass is 16.5. The molecule has 9 nitrogen and oxygen atoms in total. The molecule has 2 aliphatic heterocycles. The summed E-state index contributed by atoms with van der Waals surface area (Å²) < 4.78 is 12.1. The monoisotopic (exact) mass is 555 g/mol. The number of likely N-dealkylation sites (tertiary alicyclic amines) is 1. The number of benzene rings is 1. The maximum absolute atomic E-state index is 13.7. The lowest BCUT2D eigenvalue weighted by molar-refractivity contribution is -0.870. The number of hydrogen-bond acceptors (Lipinski definition) is 6. The van der Waals surface area contributed by atoms with E-state index >= 15 is 0 Å². The first kappa shape index (κ1) is 30.1. The Morgan fingerprint density at radius 2 is 1.98 bits per heavy atom. The molecule has 0 spiro atoms. The number of aromatic nitrogens is 1. The van der Waals surface area contributed by atoms with Crippen molar-refractivity contribution in [1.29, 1.82) is 0 Å². The molecular weight excluding hydrogens is 508 g/mol. The average molecular weight is 556 g/mol. The van der Waals surface area contributed by atoms with E-state index in [0.717, 1.165) is 73.1 Å². The lowest BCUT2D eigenvalue weighted by atomic mass is 9.83. The van der Waals surface area contributed by atoms with E-state index in [1.807, 2.05) is 17.0 Å². The third kappa shape index (κ3) is 7.85. The van der Waals surface area contributed by atoms with Gasteiger partial charge in [0.15, 0.2) is 5.89 Å². The number of carbonyl (C=O) groups is 2. The molecule has 0 bridgehead atoms. The molecule has 40 heavy (non-hydrogen) atoms. The predicted octanol–water partition coefficient (Wildman–Crippen LogP) is 3.83. The molecule has 0 radical (unpaired) electrons. The number of aliphatic carboxylic acids is 1. The summed E-state index contributed by atoms with van der Waals surface area (Å²) in [6, 6.07) is 5.78. The molecule has 220 valence electrons. The topological polar surface area (TPSA) is 96.1 Å². The van der Waals surface area contributed by atoms with Crippen molar-refractivity contribution >= 4 is 11.9 Å². The normalized spacial score (nSPS) is 20.9. The molecule has 1 amide bonds. The van der Waals surface area contributed by atoms with E-state index in [1.165, 1.54) is 0 Å². The van der Waals surface area contributed by atoms with Crippen LogP contribution in [0.15, 0.2) is 35.1 Å². The van der Waals surface area contributed by atoms with Gasteiger partial charge < -0.3 is 23.6 Å². The van der Waals surface area contributed by atoms with Crippen LogP contribution in [-0.4, -0.2) is 103 Å². The summed E-state index contributed by atoms with van der Waals surface area (Å²) in [4.78, 5) is 34.9. The van der Waals surface area contributed by atoms with Crippen LogP contribution in [0.2, 0.25) is 0 Å². The van der Waals surface area contributed by atoms with E-state index in [-0.39, 0.29) is 24.4 Å². The van der Waals surface area contributed by atoms with Crippen LogP contribution in [-0.2, 0) is 22.4 Å². The van der Waals surface area contributed by atoms with Gasteiger partial charge in [-0.3, -0.25) is 14.5 Å². The minimum absolute atomic E-state index is 0.0898. The second kappa shape index (κ2) is 13.6. The molecule has 1 aromatic heterocycles. The van der Waals surface area contributed by atoms with Gasteiger partial charge in [0, 0.05) is 44.4 Å². The van der Waals surface area contributed by atoms with Gasteiger partial charge in [-0.25, -0.2) is 4.98 Å². The summed E-state index contributed by atoms with van der Waals surface area (Å²) in [5, 5.41) is 10.5. The maximum Gasteiger partial charge on any atom is 0.308 e. The molecule has 0 aliphatic carbocycles. The Bertz CT molecular complexity index is 1110. The number of amides is 1. The molecule has 9 heteroatoms. The summed E-state index contributed by atoms with van der Waals surface area (Å²) in [7, 11) is 6.57. The van der Waals surface area contributed by atoms with Crippen LogP contribution >= 0.6 is 0 Å². The molecule has 2 aromatic rings. The number of quaternary nitrogens is 1. The Labute approximate surface area is 238 Å². The van der Waals surface area contributed by atoms with E-state index < -0.39 is 11.9 Å². The van der Waals surface area contributed by atoms with Gasteiger partial charge in [-0.1, -0.05) is 25.5 Å². The summed E-state index contributed by atoms with van der Waals surface area (Å²) in [5.74, 6) is -0.0892. The van der Waals surface area contributed by atoms with Crippen LogP contribution in [0.3, 0.4) is 0 Å². The predicted molar refractivity (Wildman–Crippen MR) is 153 cm³/mol. The molecule has 3 heterocycles. The van der Waals surface area contributed by atoms with Crippen molar-refractivity contribution in [2.24, 2.45) is 5.92 Å². The van der Waals surface area contributed by atoms with Crippen LogP contribution < -0.4 is 4.74 Å². The number of rotatable bonds is 15. The van der Waals surface area contributed by atoms with Gasteiger partial charge in [0.2, 0.25) is 5.91 Å². The summed E-state index contributed by atoms with van der Waals surface area (Å²) in [6.07, 6.45) is 9.10. The zero-order chi connectivity index (χ0) is 28.7. The maximum atomic E-state index is 13.7. The van der Waals surface area contributed by atoms with Crippen molar-refractivity contribution < 1.29 is 28.3 Å². The minimum Gasteiger partial charge on any atom is -0.493 e. The number of carboxylic acid groups (broad SMARTS) is 1. The number of unbranched alkanes of at least 4 members (excludes halogenated alkanes) is 2. The second-order valence-corrected chi connectivity index (χ2v) is 12.4. The number of nitrogens with zero attached hydrogens (tertiary/aromatic N) is 4. The Balaban J connectivity index is 1.52. The quantitative estimate of drug-likeness (QED) is 0.264. The Kier molecular flexibility index (Phi) is 10.2. The third-order valence-corrected chi connectivity index (χ3v) is 8.29. The zero-order valence-electron chi connectivity index (χ0n) is 24.7. The highest BCUT2D eigenvalue weighted by Crippen LogP contribution is 2.41. The fourth-order valence-electron chi connectivity index (χ4n) is 6.15. The first-order chi connectivity index (χ1) is 19.2. The van der Waals surface area contributed by atoms with Crippen LogP contribution in [0.25, 0.3) is 0 Å². The molecule has 4 rings (SSSR count). The van der Waals surface area contributed by atoms with E-state index in [1.54, 1.807) is 12.5 Å². The number of carbonyl (C=O) groups excluding carboxylic acids is 1. The number of fused-ring (bicyclic) bond motifs is 1. The number of hydrogen-bond donors (Lipinski definition) is 1. The zero-order valence-corrected chi connectivity index (χ0v) is 24.7. The smallest absolute Gasteiger partial charge is 0.308 e. The molecule has 3 atom stereocenters. The summed E-state index contributed by atoms with van der Waals surface area (Å²) in [5.41, 5.74) is 2.14. The van der Waals surface area contributed by atoms with Crippen molar-refractivity contribution in [2.75, 3.05) is 60.5 Å². The van der Waals surface area contributed by atoms with Gasteiger partial charge >= 0.3 is 5.97 Å². The first-order valence-corrected chi connectivity index (χ1v) is 14.9.